The largest absolute Gasteiger partial charge is 0.344 e. The second-order valence-corrected chi connectivity index (χ2v) is 4.25. The Morgan fingerprint density at radius 1 is 1.27 bits per heavy atom. The third kappa shape index (κ3) is 2.15. The number of allylic oxidation sites excluding steroid dienone is 1. The number of hydrogen-bond acceptors (Lipinski definition) is 0. The molecule has 0 aliphatic rings. The molecule has 0 saturated carbocycles. The topological polar surface area (TPSA) is 4.93 Å². The van der Waals surface area contributed by atoms with E-state index in [0.29, 0.717) is 16.6 Å². The Bertz CT molecular complexity index is 514. The summed E-state index contributed by atoms with van der Waals surface area (Å²) < 4.78 is 2.03. The molecule has 0 radical (unpaired) electrons. The molecule has 0 fully saturated rings. The molecule has 1 heterocycles. The summed E-state index contributed by atoms with van der Waals surface area (Å²) in [6.07, 6.45) is 3.82. The first-order valence-corrected chi connectivity index (χ1v) is 5.60. The Balaban J connectivity index is 2.58. The van der Waals surface area contributed by atoms with Crippen LogP contribution in [0.1, 0.15) is 0 Å². The van der Waals surface area contributed by atoms with Crippen LogP contribution < -0.4 is 0 Å². The van der Waals surface area contributed by atoms with Crippen LogP contribution in [0.2, 0.25) is 10.0 Å². The predicted molar refractivity (Wildman–Crippen MR) is 67.0 cm³/mol. The van der Waals surface area contributed by atoms with Crippen LogP contribution in [-0.2, 0) is 6.54 Å². The fraction of sp³-hybridized carbons (Fsp3) is 0.0909. The van der Waals surface area contributed by atoms with Gasteiger partial charge in [0.2, 0.25) is 0 Å². The van der Waals surface area contributed by atoms with Crippen LogP contribution in [0.5, 0.6) is 0 Å². The molecule has 1 nitrogen and oxygen atoms in total. The van der Waals surface area contributed by atoms with Gasteiger partial charge >= 0.3 is 0 Å². The molecule has 0 amide bonds. The first-order valence-electron chi connectivity index (χ1n) is 4.41. The Kier molecular flexibility index (Phi) is 3.25. The van der Waals surface area contributed by atoms with Crippen molar-refractivity contribution >= 4 is 45.7 Å². The van der Waals surface area contributed by atoms with Gasteiger partial charge in [-0.25, -0.2) is 0 Å². The molecule has 0 atom stereocenters. The average molecular weight is 261 g/mol. The summed E-state index contributed by atoms with van der Waals surface area (Å²) in [7, 11) is 0. The SMILES string of the molecule is Cl/C=C/Cn1ccc2c(Cl)cc(Cl)cc21. The standard InChI is InChI=1S/C11H8Cl3N/c12-3-1-4-15-5-2-9-10(14)6-8(13)7-11(9)15/h1-3,5-7H,4H2/b3-1+. The number of fused-ring (bicyclic) bond motifs is 1. The Morgan fingerprint density at radius 2 is 2.07 bits per heavy atom. The smallest absolute Gasteiger partial charge is 0.0514 e. The second kappa shape index (κ2) is 4.48. The molecule has 1 aromatic carbocycles. The molecule has 0 N–H and O–H groups in total. The van der Waals surface area contributed by atoms with Crippen molar-refractivity contribution < 1.29 is 0 Å². The lowest BCUT2D eigenvalue weighted by atomic mass is 10.2. The fourth-order valence-corrected chi connectivity index (χ4v) is 2.16. The maximum Gasteiger partial charge on any atom is 0.0514 e. The van der Waals surface area contributed by atoms with Gasteiger partial charge in [0.1, 0.15) is 0 Å². The average Bonchev–Trinajstić information content (AvgIpc) is 2.58. The maximum absolute atomic E-state index is 6.07. The Labute approximate surface area is 103 Å². The molecule has 0 saturated heterocycles. The minimum absolute atomic E-state index is 0.641. The van der Waals surface area contributed by atoms with Gasteiger partial charge in [-0.2, -0.15) is 0 Å². The van der Waals surface area contributed by atoms with Crippen LogP contribution in [-0.4, -0.2) is 4.57 Å². The second-order valence-electron chi connectivity index (χ2n) is 3.15. The lowest BCUT2D eigenvalue weighted by molar-refractivity contribution is 0.865. The van der Waals surface area contributed by atoms with E-state index in [-0.39, 0.29) is 0 Å². The minimum Gasteiger partial charge on any atom is -0.344 e. The van der Waals surface area contributed by atoms with E-state index in [0.717, 1.165) is 10.9 Å². The van der Waals surface area contributed by atoms with Gasteiger partial charge in [-0.1, -0.05) is 40.9 Å². The quantitative estimate of drug-likeness (QED) is 0.737. The summed E-state index contributed by atoms with van der Waals surface area (Å²) in [5.41, 5.74) is 2.51. The third-order valence-electron chi connectivity index (χ3n) is 2.19. The molecule has 0 unspecified atom stereocenters. The molecular formula is C11H8Cl3N. The van der Waals surface area contributed by atoms with Gasteiger partial charge in [0.15, 0.2) is 0 Å². The van der Waals surface area contributed by atoms with E-state index in [2.05, 4.69) is 0 Å². The van der Waals surface area contributed by atoms with E-state index in [1.165, 1.54) is 5.54 Å². The molecule has 0 spiro atoms. The van der Waals surface area contributed by atoms with Gasteiger partial charge in [-0.3, -0.25) is 0 Å². The molecular weight excluding hydrogens is 252 g/mol. The lowest BCUT2D eigenvalue weighted by Gasteiger charge is -2.02. The maximum atomic E-state index is 6.07. The zero-order chi connectivity index (χ0) is 10.8. The van der Waals surface area contributed by atoms with E-state index in [1.54, 1.807) is 6.07 Å². The van der Waals surface area contributed by atoms with Crippen molar-refractivity contribution in [2.75, 3.05) is 0 Å². The third-order valence-corrected chi connectivity index (χ3v) is 2.90. The van der Waals surface area contributed by atoms with E-state index < -0.39 is 0 Å². The molecule has 0 aliphatic heterocycles. The van der Waals surface area contributed by atoms with Crippen LogP contribution in [0.15, 0.2) is 36.0 Å². The number of halogens is 3. The Hall–Kier alpha value is -0.630. The van der Waals surface area contributed by atoms with Gasteiger partial charge in [0.05, 0.1) is 10.5 Å². The summed E-state index contributed by atoms with van der Waals surface area (Å²) in [5, 5.41) is 2.32. The van der Waals surface area contributed by atoms with Crippen molar-refractivity contribution in [1.29, 1.82) is 0 Å². The predicted octanol–water partition coefficient (Wildman–Crippen LogP) is 4.70. The van der Waals surface area contributed by atoms with Gasteiger partial charge in [0, 0.05) is 28.7 Å². The summed E-state index contributed by atoms with van der Waals surface area (Å²) in [5.74, 6) is 0. The van der Waals surface area contributed by atoms with Crippen molar-refractivity contribution in [2.45, 2.75) is 6.54 Å². The van der Waals surface area contributed by atoms with Gasteiger partial charge in [0.25, 0.3) is 0 Å². The number of benzene rings is 1. The zero-order valence-corrected chi connectivity index (χ0v) is 10.0. The van der Waals surface area contributed by atoms with Crippen molar-refractivity contribution in [3.8, 4) is 0 Å². The van der Waals surface area contributed by atoms with Crippen LogP contribution in [0.4, 0.5) is 0 Å². The van der Waals surface area contributed by atoms with Crippen LogP contribution in [0.25, 0.3) is 10.9 Å². The summed E-state index contributed by atoms with van der Waals surface area (Å²) in [6.45, 7) is 0.712. The highest BCUT2D eigenvalue weighted by atomic mass is 35.5. The molecule has 0 aliphatic carbocycles. The van der Waals surface area contributed by atoms with E-state index in [1.807, 2.05) is 29.0 Å². The van der Waals surface area contributed by atoms with Crippen molar-refractivity contribution in [3.63, 3.8) is 0 Å². The van der Waals surface area contributed by atoms with E-state index in [4.69, 9.17) is 34.8 Å². The molecule has 78 valence electrons. The van der Waals surface area contributed by atoms with Crippen molar-refractivity contribution in [1.82, 2.24) is 4.57 Å². The van der Waals surface area contributed by atoms with Crippen LogP contribution in [0.3, 0.4) is 0 Å². The lowest BCUT2D eigenvalue weighted by Crippen LogP contribution is -1.91. The van der Waals surface area contributed by atoms with E-state index >= 15 is 0 Å². The van der Waals surface area contributed by atoms with Gasteiger partial charge in [-0.15, -0.1) is 0 Å². The fourth-order valence-electron chi connectivity index (χ4n) is 1.53. The highest BCUT2D eigenvalue weighted by Gasteiger charge is 2.05. The van der Waals surface area contributed by atoms with Gasteiger partial charge in [-0.05, 0) is 18.2 Å². The molecule has 1 aromatic heterocycles. The molecule has 0 bridgehead atoms. The Morgan fingerprint density at radius 3 is 2.80 bits per heavy atom. The summed E-state index contributed by atoms with van der Waals surface area (Å²) in [4.78, 5) is 0. The summed E-state index contributed by atoms with van der Waals surface area (Å²) >= 11 is 17.5. The van der Waals surface area contributed by atoms with Crippen molar-refractivity contribution in [2.24, 2.45) is 0 Å². The number of hydrogen-bond donors (Lipinski definition) is 0. The van der Waals surface area contributed by atoms with Crippen LogP contribution >= 0.6 is 34.8 Å². The monoisotopic (exact) mass is 259 g/mol. The first-order chi connectivity index (χ1) is 7.22. The minimum atomic E-state index is 0.641. The molecule has 2 rings (SSSR count). The highest BCUT2D eigenvalue weighted by molar-refractivity contribution is 6.38. The number of nitrogens with zero attached hydrogens (tertiary/aromatic N) is 1. The molecule has 2 aromatic rings. The molecule has 15 heavy (non-hydrogen) atoms. The normalized spacial score (nSPS) is 11.7. The van der Waals surface area contributed by atoms with Crippen molar-refractivity contribution in [3.05, 3.63) is 46.1 Å². The number of aromatic nitrogens is 1. The van der Waals surface area contributed by atoms with Gasteiger partial charge < -0.3 is 4.57 Å². The van der Waals surface area contributed by atoms with E-state index in [9.17, 15) is 0 Å². The summed E-state index contributed by atoms with van der Waals surface area (Å²) in [6, 6.07) is 5.61. The zero-order valence-electron chi connectivity index (χ0n) is 7.75. The first kappa shape index (κ1) is 10.9. The van der Waals surface area contributed by atoms with Crippen LogP contribution in [0, 0.1) is 0 Å². The molecule has 4 heteroatoms. The number of rotatable bonds is 2. The highest BCUT2D eigenvalue weighted by Crippen LogP contribution is 2.28.